The van der Waals surface area contributed by atoms with Crippen molar-refractivity contribution in [1.29, 1.82) is 0 Å². The van der Waals surface area contributed by atoms with Gasteiger partial charge in [-0.25, -0.2) is 4.79 Å². The number of rotatable bonds is 6. The molecule has 0 amide bonds. The van der Waals surface area contributed by atoms with Crippen LogP contribution in [0.3, 0.4) is 0 Å². The Morgan fingerprint density at radius 2 is 1.65 bits per heavy atom. The monoisotopic (exact) mass is 280 g/mol. The highest BCUT2D eigenvalue weighted by Gasteiger charge is 2.54. The minimum absolute atomic E-state index is 0.0608. The molecule has 1 aromatic carbocycles. The van der Waals surface area contributed by atoms with Gasteiger partial charge in [0.25, 0.3) is 0 Å². The fourth-order valence-electron chi connectivity index (χ4n) is 2.04. The second-order valence-electron chi connectivity index (χ2n) is 4.66. The van der Waals surface area contributed by atoms with Crippen molar-refractivity contribution in [3.8, 4) is 0 Å². The molecule has 2 atom stereocenters. The molecule has 0 unspecified atom stereocenters. The molecule has 0 saturated carbocycles. The number of aliphatic hydroxyl groups is 2. The van der Waals surface area contributed by atoms with E-state index in [-0.39, 0.29) is 18.4 Å². The van der Waals surface area contributed by atoms with Gasteiger partial charge < -0.3 is 14.9 Å². The van der Waals surface area contributed by atoms with Crippen LogP contribution in [0.15, 0.2) is 30.3 Å². The van der Waals surface area contributed by atoms with Gasteiger partial charge in [-0.1, -0.05) is 32.0 Å². The summed E-state index contributed by atoms with van der Waals surface area (Å²) in [6.45, 7) is 4.22. The first-order chi connectivity index (χ1) is 9.30. The van der Waals surface area contributed by atoms with Crippen LogP contribution in [-0.2, 0) is 9.53 Å². The summed E-state index contributed by atoms with van der Waals surface area (Å²) >= 11 is 0. The van der Waals surface area contributed by atoms with Crippen LogP contribution in [0, 0.1) is 0 Å². The van der Waals surface area contributed by atoms with E-state index in [2.05, 4.69) is 0 Å². The summed E-state index contributed by atoms with van der Waals surface area (Å²) in [5.74, 6) is -3.69. The minimum Gasteiger partial charge on any atom is -0.426 e. The number of ketones is 1. The summed E-state index contributed by atoms with van der Waals surface area (Å²) in [5.41, 5.74) is -1.88. The highest BCUT2D eigenvalue weighted by atomic mass is 16.7. The van der Waals surface area contributed by atoms with Crippen LogP contribution in [-0.4, -0.2) is 33.4 Å². The fraction of sp³-hybridized carbons (Fsp3) is 0.467. The number of carbonyl (C=O) groups is 2. The lowest BCUT2D eigenvalue weighted by molar-refractivity contribution is -0.264. The molecule has 1 aromatic rings. The summed E-state index contributed by atoms with van der Waals surface area (Å²) < 4.78 is 5.04. The van der Waals surface area contributed by atoms with Crippen LogP contribution >= 0.6 is 0 Å². The Labute approximate surface area is 118 Å². The average Bonchev–Trinajstić information content (AvgIpc) is 2.46. The first kappa shape index (κ1) is 16.3. The van der Waals surface area contributed by atoms with Crippen molar-refractivity contribution in [2.75, 3.05) is 0 Å². The zero-order valence-corrected chi connectivity index (χ0v) is 11.9. The van der Waals surface area contributed by atoms with Gasteiger partial charge in [-0.05, 0) is 25.5 Å². The van der Waals surface area contributed by atoms with Crippen molar-refractivity contribution in [2.45, 2.75) is 45.0 Å². The van der Waals surface area contributed by atoms with Gasteiger partial charge in [-0.15, -0.1) is 0 Å². The van der Waals surface area contributed by atoms with Crippen LogP contribution in [0.1, 0.15) is 44.0 Å². The van der Waals surface area contributed by atoms with E-state index in [1.54, 1.807) is 25.1 Å². The molecule has 0 saturated heterocycles. The molecule has 0 aliphatic carbocycles. The molecule has 0 heterocycles. The van der Waals surface area contributed by atoms with Crippen LogP contribution in [0.4, 0.5) is 0 Å². The average molecular weight is 280 g/mol. The molecule has 5 heteroatoms. The largest absolute Gasteiger partial charge is 0.426 e. The maximum Gasteiger partial charge on any atom is 0.340 e. The second kappa shape index (κ2) is 6.15. The molecule has 0 aromatic heterocycles. The lowest BCUT2D eigenvalue weighted by Gasteiger charge is -2.39. The normalized spacial score (nSPS) is 16.9. The van der Waals surface area contributed by atoms with Gasteiger partial charge in [-0.2, -0.15) is 0 Å². The third kappa shape index (κ3) is 2.89. The molecular formula is C15H20O5. The maximum atomic E-state index is 12.0. The van der Waals surface area contributed by atoms with Crippen molar-refractivity contribution in [3.63, 3.8) is 0 Å². The van der Waals surface area contributed by atoms with Gasteiger partial charge in [0.05, 0.1) is 5.56 Å². The van der Waals surface area contributed by atoms with E-state index in [9.17, 15) is 19.8 Å². The molecule has 0 aliphatic rings. The summed E-state index contributed by atoms with van der Waals surface area (Å²) in [5, 5.41) is 20.8. The van der Waals surface area contributed by atoms with Crippen molar-refractivity contribution >= 4 is 11.8 Å². The van der Waals surface area contributed by atoms with Crippen LogP contribution in [0.25, 0.3) is 0 Å². The van der Waals surface area contributed by atoms with Crippen molar-refractivity contribution in [1.82, 2.24) is 0 Å². The number of Topliss-reactive ketones (excluding diaryl/α,β-unsaturated/α-hetero) is 1. The van der Waals surface area contributed by atoms with Gasteiger partial charge in [0.1, 0.15) is 0 Å². The summed E-state index contributed by atoms with van der Waals surface area (Å²) in [7, 11) is 0. The number of carbonyl (C=O) groups excluding carboxylic acids is 2. The number of hydrogen-bond acceptors (Lipinski definition) is 5. The maximum absolute atomic E-state index is 12.0. The molecule has 20 heavy (non-hydrogen) atoms. The number of ether oxygens (including phenoxy) is 1. The van der Waals surface area contributed by atoms with Crippen LogP contribution < -0.4 is 0 Å². The van der Waals surface area contributed by atoms with Crippen molar-refractivity contribution in [2.24, 2.45) is 0 Å². The predicted octanol–water partition coefficient (Wildman–Crippen LogP) is 1.67. The first-order valence-corrected chi connectivity index (χ1v) is 6.55. The molecule has 5 nitrogen and oxygen atoms in total. The van der Waals surface area contributed by atoms with E-state index < -0.39 is 23.1 Å². The van der Waals surface area contributed by atoms with Crippen molar-refractivity contribution < 1.29 is 24.5 Å². The number of hydrogen-bond donors (Lipinski definition) is 2. The van der Waals surface area contributed by atoms with E-state index in [1.165, 1.54) is 19.1 Å². The molecule has 1 rings (SSSR count). The lowest BCUT2D eigenvalue weighted by Crippen LogP contribution is -2.60. The Kier molecular flexibility index (Phi) is 5.03. The van der Waals surface area contributed by atoms with Crippen LogP contribution in [0.2, 0.25) is 0 Å². The molecular weight excluding hydrogens is 260 g/mol. The van der Waals surface area contributed by atoms with Crippen molar-refractivity contribution in [3.05, 3.63) is 35.9 Å². The SMILES string of the molecule is CC[C@@](O)(OC(=O)c1ccccc1)[C@](O)(CC)C(C)=O. The molecule has 110 valence electrons. The Bertz CT molecular complexity index is 484. The van der Waals surface area contributed by atoms with E-state index in [4.69, 9.17) is 4.74 Å². The summed E-state index contributed by atoms with van der Waals surface area (Å²) in [4.78, 5) is 23.6. The zero-order valence-electron chi connectivity index (χ0n) is 11.9. The molecule has 0 fully saturated rings. The minimum atomic E-state index is -2.25. The standard InChI is InChI=1S/C15H20O5/c1-4-14(18,11(3)16)15(19,5-2)20-13(17)12-9-7-6-8-10-12/h6-10,18-19H,4-5H2,1-3H3/t14-,15+/m0/s1. The lowest BCUT2D eigenvalue weighted by atomic mass is 9.84. The van der Waals surface area contributed by atoms with E-state index in [0.29, 0.717) is 0 Å². The highest BCUT2D eigenvalue weighted by Crippen LogP contribution is 2.32. The van der Waals surface area contributed by atoms with Gasteiger partial charge in [0.2, 0.25) is 5.79 Å². The Morgan fingerprint density at radius 1 is 1.10 bits per heavy atom. The smallest absolute Gasteiger partial charge is 0.340 e. The Hall–Kier alpha value is -1.72. The molecule has 0 spiro atoms. The third-order valence-corrected chi connectivity index (χ3v) is 3.49. The molecule has 0 bridgehead atoms. The first-order valence-electron chi connectivity index (χ1n) is 6.55. The number of esters is 1. The topological polar surface area (TPSA) is 83.8 Å². The number of benzene rings is 1. The van der Waals surface area contributed by atoms with Gasteiger partial charge >= 0.3 is 5.97 Å². The Morgan fingerprint density at radius 3 is 2.05 bits per heavy atom. The van der Waals surface area contributed by atoms with Crippen LogP contribution in [0.5, 0.6) is 0 Å². The van der Waals surface area contributed by atoms with Gasteiger partial charge in [0, 0.05) is 6.42 Å². The highest BCUT2D eigenvalue weighted by molar-refractivity contribution is 5.91. The molecule has 2 N–H and O–H groups in total. The van der Waals surface area contributed by atoms with Gasteiger partial charge in [-0.3, -0.25) is 4.79 Å². The molecule has 0 radical (unpaired) electrons. The fourth-order valence-corrected chi connectivity index (χ4v) is 2.04. The van der Waals surface area contributed by atoms with Gasteiger partial charge in [0.15, 0.2) is 11.4 Å². The summed E-state index contributed by atoms with van der Waals surface area (Å²) in [6.07, 6.45) is -0.162. The summed E-state index contributed by atoms with van der Waals surface area (Å²) in [6, 6.07) is 8.09. The third-order valence-electron chi connectivity index (χ3n) is 3.49. The quantitative estimate of drug-likeness (QED) is 0.611. The van der Waals surface area contributed by atoms with E-state index in [1.807, 2.05) is 0 Å². The second-order valence-corrected chi connectivity index (χ2v) is 4.66. The molecule has 0 aliphatic heterocycles. The van der Waals surface area contributed by atoms with E-state index in [0.717, 1.165) is 6.92 Å². The van der Waals surface area contributed by atoms with E-state index >= 15 is 0 Å². The zero-order chi connectivity index (χ0) is 15.4. The Balaban J connectivity index is 3.07. The predicted molar refractivity (Wildman–Crippen MR) is 73.0 cm³/mol.